The molecule has 0 bridgehead atoms. The lowest BCUT2D eigenvalue weighted by Gasteiger charge is -2.09. The zero-order valence-electron chi connectivity index (χ0n) is 10.6. The van der Waals surface area contributed by atoms with E-state index in [2.05, 4.69) is 10.3 Å². The van der Waals surface area contributed by atoms with Crippen molar-refractivity contribution >= 4 is 17.3 Å². The summed E-state index contributed by atoms with van der Waals surface area (Å²) >= 11 is 0. The number of rotatable bonds is 2. The number of nitrogens with two attached hydrogens (primary N) is 1. The smallest absolute Gasteiger partial charge is 0.259 e. The van der Waals surface area contributed by atoms with Gasteiger partial charge in [-0.1, -0.05) is 0 Å². The van der Waals surface area contributed by atoms with Gasteiger partial charge >= 0.3 is 0 Å². The van der Waals surface area contributed by atoms with Crippen LogP contribution in [0.4, 0.5) is 15.8 Å². The third-order valence-corrected chi connectivity index (χ3v) is 2.67. The zero-order valence-corrected chi connectivity index (χ0v) is 10.6. The fourth-order valence-corrected chi connectivity index (χ4v) is 1.68. The van der Waals surface area contributed by atoms with Crippen LogP contribution in [0.1, 0.15) is 21.6 Å². The number of hydrogen-bond donors (Lipinski definition) is 2. The summed E-state index contributed by atoms with van der Waals surface area (Å²) in [7, 11) is 0. The Labute approximate surface area is 114 Å². The summed E-state index contributed by atoms with van der Waals surface area (Å²) in [4.78, 5) is 16.1. The minimum Gasteiger partial charge on any atom is -0.398 e. The Morgan fingerprint density at radius 2 is 2.20 bits per heavy atom. The van der Waals surface area contributed by atoms with Crippen molar-refractivity contribution in [1.82, 2.24) is 4.98 Å². The van der Waals surface area contributed by atoms with Crippen molar-refractivity contribution in [2.75, 3.05) is 11.1 Å². The van der Waals surface area contributed by atoms with Crippen LogP contribution in [0, 0.1) is 24.1 Å². The van der Waals surface area contributed by atoms with E-state index in [0.717, 1.165) is 12.1 Å². The van der Waals surface area contributed by atoms with Gasteiger partial charge in [0.2, 0.25) is 0 Å². The van der Waals surface area contributed by atoms with Crippen LogP contribution < -0.4 is 11.1 Å². The molecule has 3 N–H and O–H groups in total. The van der Waals surface area contributed by atoms with E-state index >= 15 is 0 Å². The van der Waals surface area contributed by atoms with Gasteiger partial charge in [0.05, 0.1) is 16.8 Å². The second-order valence-corrected chi connectivity index (χ2v) is 4.17. The Morgan fingerprint density at radius 1 is 1.45 bits per heavy atom. The zero-order chi connectivity index (χ0) is 14.7. The van der Waals surface area contributed by atoms with E-state index in [1.165, 1.54) is 12.3 Å². The lowest BCUT2D eigenvalue weighted by molar-refractivity contribution is 0.102. The predicted molar refractivity (Wildman–Crippen MR) is 72.5 cm³/mol. The Bertz CT molecular complexity index is 722. The van der Waals surface area contributed by atoms with Crippen molar-refractivity contribution in [3.05, 3.63) is 53.1 Å². The van der Waals surface area contributed by atoms with Crippen molar-refractivity contribution in [3.8, 4) is 6.07 Å². The number of benzene rings is 1. The number of nitrogens with zero attached hydrogens (tertiary/aromatic N) is 2. The third-order valence-electron chi connectivity index (χ3n) is 2.67. The van der Waals surface area contributed by atoms with Crippen molar-refractivity contribution in [2.45, 2.75) is 6.92 Å². The molecule has 20 heavy (non-hydrogen) atoms. The molecule has 1 heterocycles. The molecule has 0 saturated carbocycles. The highest BCUT2D eigenvalue weighted by molar-refractivity contribution is 6.08. The normalized spacial score (nSPS) is 9.85. The SMILES string of the molecule is Cc1cc(N)c(C(=O)Nc2ccc(F)cc2C#N)cn1. The summed E-state index contributed by atoms with van der Waals surface area (Å²) in [6.07, 6.45) is 1.36. The molecule has 0 aliphatic carbocycles. The van der Waals surface area contributed by atoms with Crippen LogP contribution in [0.15, 0.2) is 30.5 Å². The first-order chi connectivity index (χ1) is 9.51. The second kappa shape index (κ2) is 5.36. The molecule has 0 aliphatic heterocycles. The van der Waals surface area contributed by atoms with Crippen LogP contribution in [-0.4, -0.2) is 10.9 Å². The van der Waals surface area contributed by atoms with Gasteiger partial charge in [0, 0.05) is 17.6 Å². The molecule has 0 spiro atoms. The molecule has 1 amide bonds. The van der Waals surface area contributed by atoms with Gasteiger partial charge in [0.25, 0.3) is 5.91 Å². The van der Waals surface area contributed by atoms with E-state index in [0.29, 0.717) is 5.69 Å². The number of aromatic nitrogens is 1. The van der Waals surface area contributed by atoms with E-state index in [-0.39, 0.29) is 22.5 Å². The quantitative estimate of drug-likeness (QED) is 0.875. The van der Waals surface area contributed by atoms with Gasteiger partial charge in [-0.25, -0.2) is 4.39 Å². The summed E-state index contributed by atoms with van der Waals surface area (Å²) in [5.41, 5.74) is 7.18. The van der Waals surface area contributed by atoms with E-state index in [1.54, 1.807) is 13.0 Å². The van der Waals surface area contributed by atoms with Crippen LogP contribution >= 0.6 is 0 Å². The van der Waals surface area contributed by atoms with E-state index in [4.69, 9.17) is 11.0 Å². The number of pyridine rings is 1. The minimum absolute atomic E-state index is 0.0389. The number of halogens is 1. The van der Waals surface area contributed by atoms with Crippen molar-refractivity contribution < 1.29 is 9.18 Å². The summed E-state index contributed by atoms with van der Waals surface area (Å²) in [5.74, 6) is -1.05. The highest BCUT2D eigenvalue weighted by Gasteiger charge is 2.13. The maximum Gasteiger partial charge on any atom is 0.259 e. The fraction of sp³-hybridized carbons (Fsp3) is 0.0714. The number of carbonyl (C=O) groups is 1. The molecule has 1 aromatic heterocycles. The molecule has 0 unspecified atom stereocenters. The summed E-state index contributed by atoms with van der Waals surface area (Å²) < 4.78 is 13.0. The number of aryl methyl sites for hydroxylation is 1. The van der Waals surface area contributed by atoms with Gasteiger partial charge in [0.1, 0.15) is 11.9 Å². The van der Waals surface area contributed by atoms with Crippen LogP contribution in [0.3, 0.4) is 0 Å². The Hall–Kier alpha value is -2.94. The largest absolute Gasteiger partial charge is 0.398 e. The Kier molecular flexibility index (Phi) is 3.62. The summed E-state index contributed by atoms with van der Waals surface area (Å²) in [6, 6.07) is 6.92. The van der Waals surface area contributed by atoms with Crippen LogP contribution in [0.2, 0.25) is 0 Å². The molecular formula is C14H11FN4O. The number of amides is 1. The van der Waals surface area contributed by atoms with Crippen LogP contribution in [0.25, 0.3) is 0 Å². The van der Waals surface area contributed by atoms with Crippen LogP contribution in [0.5, 0.6) is 0 Å². The molecule has 2 aromatic rings. The Morgan fingerprint density at radius 3 is 2.85 bits per heavy atom. The molecule has 2 rings (SSSR count). The van der Waals surface area contributed by atoms with Crippen LogP contribution in [-0.2, 0) is 0 Å². The minimum atomic E-state index is -0.545. The average Bonchev–Trinajstić information content (AvgIpc) is 2.40. The summed E-state index contributed by atoms with van der Waals surface area (Å²) in [6.45, 7) is 1.76. The number of nitriles is 1. The monoisotopic (exact) mass is 270 g/mol. The maximum atomic E-state index is 13.0. The predicted octanol–water partition coefficient (Wildman–Crippen LogP) is 2.24. The first kappa shape index (κ1) is 13.5. The standard InChI is InChI=1S/C14H11FN4O/c1-8-4-12(17)11(7-18-8)14(20)19-13-3-2-10(15)5-9(13)6-16/h2-5,7H,1H3,(H2,17,18)(H,19,20). The van der Waals surface area contributed by atoms with Gasteiger partial charge in [-0.3, -0.25) is 9.78 Å². The van der Waals surface area contributed by atoms with Crippen molar-refractivity contribution in [1.29, 1.82) is 5.26 Å². The van der Waals surface area contributed by atoms with E-state index < -0.39 is 11.7 Å². The average molecular weight is 270 g/mol. The highest BCUT2D eigenvalue weighted by atomic mass is 19.1. The number of nitrogens with one attached hydrogen (secondary N) is 1. The lowest BCUT2D eigenvalue weighted by Crippen LogP contribution is -2.15. The molecule has 0 aliphatic rings. The molecule has 0 fully saturated rings. The molecular weight excluding hydrogens is 259 g/mol. The molecule has 0 saturated heterocycles. The lowest BCUT2D eigenvalue weighted by atomic mass is 10.1. The maximum absolute atomic E-state index is 13.0. The molecule has 5 nitrogen and oxygen atoms in total. The van der Waals surface area contributed by atoms with E-state index in [1.807, 2.05) is 6.07 Å². The molecule has 100 valence electrons. The second-order valence-electron chi connectivity index (χ2n) is 4.17. The number of anilines is 2. The van der Waals surface area contributed by atoms with E-state index in [9.17, 15) is 9.18 Å². The number of carbonyl (C=O) groups excluding carboxylic acids is 1. The van der Waals surface area contributed by atoms with Gasteiger partial charge in [-0.2, -0.15) is 5.26 Å². The molecule has 1 aromatic carbocycles. The highest BCUT2D eigenvalue weighted by Crippen LogP contribution is 2.19. The van der Waals surface area contributed by atoms with Gasteiger partial charge in [0.15, 0.2) is 0 Å². The molecule has 0 atom stereocenters. The topological polar surface area (TPSA) is 91.8 Å². The summed E-state index contributed by atoms with van der Waals surface area (Å²) in [5, 5.41) is 11.4. The van der Waals surface area contributed by atoms with Gasteiger partial charge in [-0.15, -0.1) is 0 Å². The third kappa shape index (κ3) is 2.72. The first-order valence-electron chi connectivity index (χ1n) is 5.74. The first-order valence-corrected chi connectivity index (χ1v) is 5.74. The van der Waals surface area contributed by atoms with Crippen molar-refractivity contribution in [2.24, 2.45) is 0 Å². The van der Waals surface area contributed by atoms with Gasteiger partial charge < -0.3 is 11.1 Å². The fourth-order valence-electron chi connectivity index (χ4n) is 1.68. The number of nitrogen functional groups attached to an aromatic ring is 1. The van der Waals surface area contributed by atoms with Crippen molar-refractivity contribution in [3.63, 3.8) is 0 Å². The number of hydrogen-bond acceptors (Lipinski definition) is 4. The van der Waals surface area contributed by atoms with Gasteiger partial charge in [-0.05, 0) is 31.2 Å². The Balaban J connectivity index is 2.31. The molecule has 6 heteroatoms. The molecule has 0 radical (unpaired) electrons.